The van der Waals surface area contributed by atoms with Crippen LogP contribution in [0.5, 0.6) is 0 Å². The lowest BCUT2D eigenvalue weighted by Gasteiger charge is -2.18. The van der Waals surface area contributed by atoms with Crippen molar-refractivity contribution in [2.75, 3.05) is 19.7 Å². The Morgan fingerprint density at radius 2 is 2.00 bits per heavy atom. The van der Waals surface area contributed by atoms with Gasteiger partial charge in [0.25, 0.3) is 0 Å². The number of rotatable bonds is 5. The average Bonchev–Trinajstić information content (AvgIpc) is 1.98. The Kier molecular flexibility index (Phi) is 5.03. The molecule has 0 aliphatic carbocycles. The van der Waals surface area contributed by atoms with Gasteiger partial charge >= 0.3 is 5.97 Å². The fourth-order valence-corrected chi connectivity index (χ4v) is 0.821. The summed E-state index contributed by atoms with van der Waals surface area (Å²) in [6.45, 7) is 2.21. The minimum atomic E-state index is -1.14. The van der Waals surface area contributed by atoms with Crippen LogP contribution in [-0.4, -0.2) is 46.7 Å². The number of hydrogen-bond acceptors (Lipinski definition) is 3. The number of aliphatic carboxylic acids is 1. The number of aliphatic hydroxyl groups excluding tert-OH is 1. The van der Waals surface area contributed by atoms with Gasteiger partial charge in [-0.2, -0.15) is 0 Å². The molecule has 0 saturated heterocycles. The summed E-state index contributed by atoms with van der Waals surface area (Å²) in [5.41, 5.74) is 0. The second-order valence-electron chi connectivity index (χ2n) is 2.27. The molecule has 0 aromatic carbocycles. The largest absolute Gasteiger partial charge is 0.481 e. The van der Waals surface area contributed by atoms with Gasteiger partial charge in [-0.3, -0.25) is 9.59 Å². The third-order valence-corrected chi connectivity index (χ3v) is 1.41. The molecule has 0 spiro atoms. The van der Waals surface area contributed by atoms with E-state index in [1.54, 1.807) is 6.92 Å². The molecular weight excluding hydrogens is 162 g/mol. The van der Waals surface area contributed by atoms with Gasteiger partial charge in [0.2, 0.25) is 5.91 Å². The van der Waals surface area contributed by atoms with Crippen molar-refractivity contribution in [3.05, 3.63) is 0 Å². The van der Waals surface area contributed by atoms with Crippen LogP contribution in [0.2, 0.25) is 0 Å². The lowest BCUT2D eigenvalue weighted by Crippen LogP contribution is -2.34. The van der Waals surface area contributed by atoms with E-state index in [1.165, 1.54) is 4.90 Å². The van der Waals surface area contributed by atoms with E-state index in [9.17, 15) is 9.59 Å². The second kappa shape index (κ2) is 5.54. The maximum absolute atomic E-state index is 11.0. The number of carboxylic acid groups (broad SMARTS) is 1. The van der Waals surface area contributed by atoms with E-state index in [4.69, 9.17) is 10.2 Å². The van der Waals surface area contributed by atoms with Gasteiger partial charge in [0.1, 0.15) is 6.42 Å². The molecule has 70 valence electrons. The van der Waals surface area contributed by atoms with Crippen LogP contribution in [0.15, 0.2) is 0 Å². The molecule has 0 aromatic heterocycles. The first kappa shape index (κ1) is 10.9. The first-order valence-electron chi connectivity index (χ1n) is 3.72. The summed E-state index contributed by atoms with van der Waals surface area (Å²) in [6, 6.07) is 0. The van der Waals surface area contributed by atoms with Gasteiger partial charge < -0.3 is 15.1 Å². The van der Waals surface area contributed by atoms with Gasteiger partial charge in [0, 0.05) is 13.1 Å². The van der Waals surface area contributed by atoms with E-state index in [2.05, 4.69) is 0 Å². The zero-order chi connectivity index (χ0) is 9.56. The van der Waals surface area contributed by atoms with E-state index >= 15 is 0 Å². The molecule has 5 nitrogen and oxygen atoms in total. The van der Waals surface area contributed by atoms with Crippen molar-refractivity contribution in [1.82, 2.24) is 4.90 Å². The number of carboxylic acids is 1. The summed E-state index contributed by atoms with van der Waals surface area (Å²) in [5, 5.41) is 16.8. The molecule has 0 saturated carbocycles. The highest BCUT2D eigenvalue weighted by Crippen LogP contribution is 1.93. The van der Waals surface area contributed by atoms with Crippen LogP contribution in [0.1, 0.15) is 13.3 Å². The van der Waals surface area contributed by atoms with Crippen molar-refractivity contribution < 1.29 is 19.8 Å². The highest BCUT2D eigenvalue weighted by Gasteiger charge is 2.13. The molecule has 0 aliphatic heterocycles. The van der Waals surface area contributed by atoms with E-state index in [0.29, 0.717) is 6.54 Å². The van der Waals surface area contributed by atoms with Crippen molar-refractivity contribution in [1.29, 1.82) is 0 Å². The van der Waals surface area contributed by atoms with E-state index in [0.717, 1.165) is 0 Å². The average molecular weight is 175 g/mol. The third kappa shape index (κ3) is 3.92. The van der Waals surface area contributed by atoms with Gasteiger partial charge in [-0.15, -0.1) is 0 Å². The molecule has 1 amide bonds. The van der Waals surface area contributed by atoms with Crippen LogP contribution in [0, 0.1) is 0 Å². The predicted molar refractivity (Wildman–Crippen MR) is 41.6 cm³/mol. The van der Waals surface area contributed by atoms with Gasteiger partial charge in [0.05, 0.1) is 6.61 Å². The smallest absolute Gasteiger partial charge is 0.312 e. The quantitative estimate of drug-likeness (QED) is 0.542. The minimum absolute atomic E-state index is 0.140. The molecule has 0 atom stereocenters. The third-order valence-electron chi connectivity index (χ3n) is 1.41. The van der Waals surface area contributed by atoms with Crippen LogP contribution in [-0.2, 0) is 9.59 Å². The number of hydrogen-bond donors (Lipinski definition) is 2. The van der Waals surface area contributed by atoms with Crippen LogP contribution in [0.25, 0.3) is 0 Å². The molecule has 0 aliphatic rings. The van der Waals surface area contributed by atoms with Gasteiger partial charge in [-0.1, -0.05) is 0 Å². The summed E-state index contributed by atoms with van der Waals surface area (Å²) in [6.07, 6.45) is -0.506. The Morgan fingerprint density at radius 3 is 2.33 bits per heavy atom. The number of amides is 1. The van der Waals surface area contributed by atoms with Gasteiger partial charge in [-0.05, 0) is 6.92 Å². The molecule has 2 N–H and O–H groups in total. The van der Waals surface area contributed by atoms with Crippen LogP contribution in [0.4, 0.5) is 0 Å². The molecule has 12 heavy (non-hydrogen) atoms. The Morgan fingerprint density at radius 1 is 1.42 bits per heavy atom. The highest BCUT2D eigenvalue weighted by atomic mass is 16.4. The summed E-state index contributed by atoms with van der Waals surface area (Å²) in [7, 11) is 0. The van der Waals surface area contributed by atoms with Crippen LogP contribution in [0.3, 0.4) is 0 Å². The molecule has 0 unspecified atom stereocenters. The topological polar surface area (TPSA) is 77.8 Å². The summed E-state index contributed by atoms with van der Waals surface area (Å²) >= 11 is 0. The summed E-state index contributed by atoms with van der Waals surface area (Å²) in [5.74, 6) is -1.60. The fourth-order valence-electron chi connectivity index (χ4n) is 0.821. The lowest BCUT2D eigenvalue weighted by molar-refractivity contribution is -0.144. The normalized spacial score (nSPS) is 9.50. The predicted octanol–water partition coefficient (Wildman–Crippen LogP) is -0.698. The Labute approximate surface area is 70.6 Å². The van der Waals surface area contributed by atoms with E-state index in [-0.39, 0.29) is 13.2 Å². The number of likely N-dealkylation sites (N-methyl/N-ethyl adjacent to an activating group) is 1. The SMILES string of the molecule is CCN(CCO)C(=O)CC(=O)O. The van der Waals surface area contributed by atoms with Crippen molar-refractivity contribution in [2.24, 2.45) is 0 Å². The molecule has 5 heteroatoms. The van der Waals surface area contributed by atoms with E-state index < -0.39 is 18.3 Å². The van der Waals surface area contributed by atoms with Crippen molar-refractivity contribution in [3.63, 3.8) is 0 Å². The molecule has 0 fully saturated rings. The fraction of sp³-hybridized carbons (Fsp3) is 0.714. The van der Waals surface area contributed by atoms with Crippen molar-refractivity contribution >= 4 is 11.9 Å². The lowest BCUT2D eigenvalue weighted by atomic mass is 10.3. The maximum atomic E-state index is 11.0. The Bertz CT molecular complexity index is 169. The standard InChI is InChI=1S/C7H13NO4/c1-2-8(3-4-9)6(10)5-7(11)12/h9H,2-5H2,1H3,(H,11,12). The van der Waals surface area contributed by atoms with Crippen LogP contribution >= 0.6 is 0 Å². The summed E-state index contributed by atoms with van der Waals surface area (Å²) in [4.78, 5) is 22.4. The number of nitrogens with zero attached hydrogens (tertiary/aromatic N) is 1. The Hall–Kier alpha value is -1.10. The van der Waals surface area contributed by atoms with Crippen molar-refractivity contribution in [2.45, 2.75) is 13.3 Å². The summed E-state index contributed by atoms with van der Waals surface area (Å²) < 4.78 is 0. The van der Waals surface area contributed by atoms with Gasteiger partial charge in [0.15, 0.2) is 0 Å². The molecule has 0 bridgehead atoms. The molecule has 0 heterocycles. The number of aliphatic hydroxyl groups is 1. The molecular formula is C7H13NO4. The second-order valence-corrected chi connectivity index (χ2v) is 2.27. The number of carbonyl (C=O) groups excluding carboxylic acids is 1. The Balaban J connectivity index is 3.93. The molecule has 0 aromatic rings. The number of carbonyl (C=O) groups is 2. The molecule has 0 rings (SSSR count). The first-order valence-corrected chi connectivity index (χ1v) is 3.72. The molecule has 0 radical (unpaired) electrons. The maximum Gasteiger partial charge on any atom is 0.312 e. The minimum Gasteiger partial charge on any atom is -0.481 e. The highest BCUT2D eigenvalue weighted by molar-refractivity contribution is 5.93. The monoisotopic (exact) mass is 175 g/mol. The van der Waals surface area contributed by atoms with E-state index in [1.807, 2.05) is 0 Å². The zero-order valence-corrected chi connectivity index (χ0v) is 6.99. The zero-order valence-electron chi connectivity index (χ0n) is 6.99. The van der Waals surface area contributed by atoms with Crippen molar-refractivity contribution in [3.8, 4) is 0 Å². The first-order chi connectivity index (χ1) is 5.61. The van der Waals surface area contributed by atoms with Crippen LogP contribution < -0.4 is 0 Å². The van der Waals surface area contributed by atoms with Gasteiger partial charge in [-0.25, -0.2) is 0 Å².